The Balaban J connectivity index is 3.21. The normalized spacial score (nSPS) is 12.6. The molecule has 0 amide bonds. The molecule has 0 fully saturated rings. The number of hydrogen-bond donors (Lipinski definition) is 0. The van der Waals surface area contributed by atoms with E-state index in [1.54, 1.807) is 0 Å². The Morgan fingerprint density at radius 2 is 1.60 bits per heavy atom. The van der Waals surface area contributed by atoms with Crippen LogP contribution in [0.1, 0.15) is 6.42 Å². The van der Waals surface area contributed by atoms with Crippen molar-refractivity contribution >= 4 is 74.6 Å². The van der Waals surface area contributed by atoms with E-state index in [0.29, 0.717) is 6.04 Å². The molecule has 0 aromatic rings. The Morgan fingerprint density at radius 1 is 1.10 bits per heavy atom. The van der Waals surface area contributed by atoms with Crippen molar-refractivity contribution in [3.63, 3.8) is 0 Å². The van der Waals surface area contributed by atoms with Gasteiger partial charge < -0.3 is 0 Å². The molecular formula is C3H6Cl5SiSn. The van der Waals surface area contributed by atoms with Crippen molar-refractivity contribution in [3.05, 3.63) is 0 Å². The zero-order valence-corrected chi connectivity index (χ0v) is 12.6. The van der Waals surface area contributed by atoms with E-state index in [2.05, 4.69) is 0 Å². The van der Waals surface area contributed by atoms with Gasteiger partial charge in [0, 0.05) is 0 Å². The third-order valence-electron chi connectivity index (χ3n) is 0.826. The number of hydrogen-bond acceptors (Lipinski definition) is 0. The molecular weight excluding hydrogens is 360 g/mol. The molecule has 0 saturated carbocycles. The third kappa shape index (κ3) is 10.5. The Bertz CT molecular complexity index is 91.4. The molecule has 0 saturated heterocycles. The minimum absolute atomic E-state index is 0.682. The number of halogens is 5. The van der Waals surface area contributed by atoms with Crippen molar-refractivity contribution in [2.45, 2.75) is 16.9 Å². The van der Waals surface area contributed by atoms with Crippen LogP contribution in [0.4, 0.5) is 0 Å². The van der Waals surface area contributed by atoms with E-state index in [-0.39, 0.29) is 0 Å². The summed E-state index contributed by atoms with van der Waals surface area (Å²) in [5.41, 5.74) is 0. The molecule has 0 nitrogen and oxygen atoms in total. The fraction of sp³-hybridized carbons (Fsp3) is 1.00. The number of rotatable bonds is 4. The van der Waals surface area contributed by atoms with Gasteiger partial charge in [-0.1, -0.05) is 0 Å². The average molecular weight is 366 g/mol. The van der Waals surface area contributed by atoms with Crippen LogP contribution in [0, 0.1) is 0 Å². The topological polar surface area (TPSA) is 0 Å². The SMILES string of the molecule is [Cl][Sn]([Cl])[CH2]CC[Si](Cl)(Cl)Cl. The monoisotopic (exact) mass is 365 g/mol. The van der Waals surface area contributed by atoms with E-state index in [4.69, 9.17) is 51.1 Å². The second kappa shape index (κ2) is 6.00. The first kappa shape index (κ1) is 12.5. The maximum absolute atomic E-state index is 5.65. The first-order valence-electron chi connectivity index (χ1n) is 2.65. The molecule has 0 atom stereocenters. The molecule has 0 rings (SSSR count). The molecule has 0 aliphatic carbocycles. The van der Waals surface area contributed by atoms with Crippen LogP contribution >= 0.6 is 51.1 Å². The zero-order chi connectivity index (χ0) is 8.20. The predicted octanol–water partition coefficient (Wildman–Crippen LogP) is 4.00. The van der Waals surface area contributed by atoms with Gasteiger partial charge in [0.2, 0.25) is 0 Å². The molecule has 0 aromatic heterocycles. The van der Waals surface area contributed by atoms with Crippen LogP contribution in [0.3, 0.4) is 0 Å². The first-order valence-corrected chi connectivity index (χ1v) is 17.1. The molecule has 7 heteroatoms. The second-order valence-electron chi connectivity index (χ2n) is 1.81. The van der Waals surface area contributed by atoms with Gasteiger partial charge in [0.1, 0.15) is 0 Å². The van der Waals surface area contributed by atoms with E-state index in [0.717, 1.165) is 10.9 Å². The first-order chi connectivity index (χ1) is 4.42. The van der Waals surface area contributed by atoms with Crippen molar-refractivity contribution < 1.29 is 0 Å². The van der Waals surface area contributed by atoms with Crippen molar-refractivity contribution in [1.29, 1.82) is 0 Å². The average Bonchev–Trinajstić information content (AvgIpc) is 1.59. The third-order valence-corrected chi connectivity index (χ3v) is 8.07. The Labute approximate surface area is 90.4 Å². The van der Waals surface area contributed by atoms with Crippen molar-refractivity contribution in [2.75, 3.05) is 0 Å². The van der Waals surface area contributed by atoms with Crippen LogP contribution in [-0.4, -0.2) is 23.5 Å². The molecule has 0 unspecified atom stereocenters. The summed E-state index contributed by atoms with van der Waals surface area (Å²) in [7, 11) is 11.3. The molecule has 61 valence electrons. The van der Waals surface area contributed by atoms with Gasteiger partial charge >= 0.3 is 91.5 Å². The summed E-state index contributed by atoms with van der Waals surface area (Å²) in [5, 5.41) is 0. The molecule has 0 bridgehead atoms. The summed E-state index contributed by atoms with van der Waals surface area (Å²) in [4.78, 5) is 0. The summed E-state index contributed by atoms with van der Waals surface area (Å²) in [6, 6.07) is -1.71. The molecule has 0 N–H and O–H groups in total. The van der Waals surface area contributed by atoms with E-state index < -0.39 is 23.5 Å². The van der Waals surface area contributed by atoms with Crippen LogP contribution < -0.4 is 0 Å². The molecule has 0 aliphatic heterocycles. The molecule has 10 heavy (non-hydrogen) atoms. The summed E-state index contributed by atoms with van der Waals surface area (Å²) >= 11 is 14.9. The minimum atomic E-state index is -2.39. The summed E-state index contributed by atoms with van der Waals surface area (Å²) in [6.45, 7) is 0. The van der Waals surface area contributed by atoms with Gasteiger partial charge in [0.15, 0.2) is 0 Å². The maximum atomic E-state index is 5.65. The van der Waals surface area contributed by atoms with Gasteiger partial charge in [-0.2, -0.15) is 0 Å². The predicted molar refractivity (Wildman–Crippen MR) is 55.0 cm³/mol. The van der Waals surface area contributed by atoms with Gasteiger partial charge in [-0.25, -0.2) is 0 Å². The van der Waals surface area contributed by atoms with Crippen LogP contribution in [0.2, 0.25) is 10.5 Å². The van der Waals surface area contributed by atoms with Crippen molar-refractivity contribution in [2.24, 2.45) is 0 Å². The van der Waals surface area contributed by atoms with E-state index in [1.807, 2.05) is 0 Å². The van der Waals surface area contributed by atoms with Gasteiger partial charge in [-0.05, 0) is 0 Å². The van der Waals surface area contributed by atoms with E-state index in [1.165, 1.54) is 0 Å². The fourth-order valence-corrected chi connectivity index (χ4v) is 6.27. The second-order valence-corrected chi connectivity index (χ2v) is 21.9. The molecule has 0 aliphatic rings. The zero-order valence-electron chi connectivity index (χ0n) is 5.01. The Hall–Kier alpha value is 2.47. The standard InChI is InChI=1S/C3H6Cl3Si.2ClH.Sn/c1-2-3-7(4,5)6;;;/h1-3H2;2*1H;/q;;;+2/p-2. The summed E-state index contributed by atoms with van der Waals surface area (Å²) in [6.07, 6.45) is 0.879. The van der Waals surface area contributed by atoms with Gasteiger partial charge in [-0.15, -0.1) is 0 Å². The molecule has 1 radical (unpaired) electrons. The molecule has 0 aromatic carbocycles. The van der Waals surface area contributed by atoms with Crippen LogP contribution in [0.25, 0.3) is 0 Å². The van der Waals surface area contributed by atoms with Crippen LogP contribution in [0.5, 0.6) is 0 Å². The fourth-order valence-electron chi connectivity index (χ4n) is 0.422. The van der Waals surface area contributed by atoms with Gasteiger partial charge in [-0.3, -0.25) is 0 Å². The van der Waals surface area contributed by atoms with Crippen LogP contribution in [-0.2, 0) is 0 Å². The quantitative estimate of drug-likeness (QED) is 0.521. The summed E-state index contributed by atoms with van der Waals surface area (Å²) < 4.78 is 0.895. The van der Waals surface area contributed by atoms with E-state index >= 15 is 0 Å². The Kier molecular flexibility index (Phi) is 7.48. The van der Waals surface area contributed by atoms with E-state index in [9.17, 15) is 0 Å². The Morgan fingerprint density at radius 3 is 1.90 bits per heavy atom. The van der Waals surface area contributed by atoms with Crippen LogP contribution in [0.15, 0.2) is 0 Å². The van der Waals surface area contributed by atoms with Gasteiger partial charge in [0.25, 0.3) is 0 Å². The summed E-state index contributed by atoms with van der Waals surface area (Å²) in [5.74, 6) is 0. The van der Waals surface area contributed by atoms with Gasteiger partial charge in [0.05, 0.1) is 0 Å². The molecule has 0 spiro atoms. The van der Waals surface area contributed by atoms with Crippen molar-refractivity contribution in [3.8, 4) is 0 Å². The van der Waals surface area contributed by atoms with Crippen molar-refractivity contribution in [1.82, 2.24) is 0 Å². The molecule has 0 heterocycles.